The minimum absolute atomic E-state index is 0.291. The van der Waals surface area contributed by atoms with E-state index in [4.69, 9.17) is 10.5 Å². The lowest BCUT2D eigenvalue weighted by atomic mass is 9.95. The van der Waals surface area contributed by atoms with Gasteiger partial charge in [-0.1, -0.05) is 13.8 Å². The van der Waals surface area contributed by atoms with Gasteiger partial charge < -0.3 is 10.6 Å². The van der Waals surface area contributed by atoms with Gasteiger partial charge in [-0.2, -0.15) is 15.5 Å². The molecule has 148 valence electrons. The monoisotopic (exact) mass is 394 g/mol. The summed E-state index contributed by atoms with van der Waals surface area (Å²) in [5.74, 6) is 1.42. The summed E-state index contributed by atoms with van der Waals surface area (Å²) in [4.78, 5) is 8.84. The van der Waals surface area contributed by atoms with E-state index in [1.807, 2.05) is 43.3 Å². The molecule has 3 rings (SSSR count). The Morgan fingerprint density at radius 1 is 1.03 bits per heavy atom. The maximum Gasteiger partial charge on any atom is 0.229 e. The average molecular weight is 394 g/mol. The first-order valence-corrected chi connectivity index (χ1v) is 9.58. The number of allylic oxidation sites excluding steroid dienone is 1. The molecular weight excluding hydrogens is 372 g/mol. The second-order valence-electron chi connectivity index (χ2n) is 7.12. The van der Waals surface area contributed by atoms with E-state index in [0.29, 0.717) is 23.2 Å². The number of benzene rings is 2. The number of nitriles is 2. The highest BCUT2D eigenvalue weighted by atomic mass is 15.1. The van der Waals surface area contributed by atoms with Gasteiger partial charge >= 0.3 is 0 Å². The van der Waals surface area contributed by atoms with Crippen molar-refractivity contribution in [3.05, 3.63) is 77.0 Å². The topological polar surface area (TPSA) is 97.4 Å². The van der Waals surface area contributed by atoms with Crippen molar-refractivity contribution < 1.29 is 0 Å². The Balaban J connectivity index is 1.87. The van der Waals surface area contributed by atoms with Crippen molar-refractivity contribution in [3.8, 4) is 12.1 Å². The molecule has 0 aliphatic heterocycles. The zero-order valence-electron chi connectivity index (χ0n) is 17.1. The third-order valence-corrected chi connectivity index (χ3v) is 4.54. The van der Waals surface area contributed by atoms with Crippen molar-refractivity contribution >= 4 is 29.2 Å². The predicted octanol–water partition coefficient (Wildman–Crippen LogP) is 5.80. The number of nitrogens with one attached hydrogen (secondary N) is 2. The number of aromatic nitrogens is 2. The van der Waals surface area contributed by atoms with Gasteiger partial charge in [-0.3, -0.25) is 0 Å². The molecule has 30 heavy (non-hydrogen) atoms. The summed E-state index contributed by atoms with van der Waals surface area (Å²) in [6.45, 7) is 6.31. The molecule has 0 aliphatic carbocycles. The summed E-state index contributed by atoms with van der Waals surface area (Å²) in [5.41, 5.74) is 5.61. The quantitative estimate of drug-likeness (QED) is 0.512. The molecule has 0 unspecified atom stereocenters. The van der Waals surface area contributed by atoms with Crippen LogP contribution in [0.25, 0.3) is 6.08 Å². The normalized spacial score (nSPS) is 10.6. The molecule has 0 amide bonds. The van der Waals surface area contributed by atoms with Crippen LogP contribution in [-0.4, -0.2) is 9.97 Å². The Labute approximate surface area is 176 Å². The van der Waals surface area contributed by atoms with E-state index in [2.05, 4.69) is 46.6 Å². The van der Waals surface area contributed by atoms with Gasteiger partial charge in [-0.15, -0.1) is 0 Å². The van der Waals surface area contributed by atoms with Crippen molar-refractivity contribution in [3.63, 3.8) is 0 Å². The van der Waals surface area contributed by atoms with Crippen LogP contribution in [-0.2, 0) is 0 Å². The van der Waals surface area contributed by atoms with Crippen LogP contribution in [0.1, 0.15) is 42.0 Å². The van der Waals surface area contributed by atoms with E-state index in [1.165, 1.54) is 6.08 Å². The number of aryl methyl sites for hydroxylation is 1. The molecule has 1 heterocycles. The molecule has 1 aromatic heterocycles. The first-order valence-electron chi connectivity index (χ1n) is 9.58. The summed E-state index contributed by atoms with van der Waals surface area (Å²) in [7, 11) is 0. The number of hydrogen-bond donors (Lipinski definition) is 2. The van der Waals surface area contributed by atoms with Gasteiger partial charge in [0.1, 0.15) is 5.82 Å². The first-order chi connectivity index (χ1) is 14.5. The fourth-order valence-corrected chi connectivity index (χ4v) is 3.07. The molecule has 0 fully saturated rings. The molecule has 0 spiro atoms. The molecule has 0 atom stereocenters. The first kappa shape index (κ1) is 20.6. The van der Waals surface area contributed by atoms with Crippen LogP contribution in [0.2, 0.25) is 0 Å². The molecule has 0 aliphatic rings. The van der Waals surface area contributed by atoms with Crippen LogP contribution >= 0.6 is 0 Å². The molecule has 3 aromatic rings. The fourth-order valence-electron chi connectivity index (χ4n) is 3.07. The van der Waals surface area contributed by atoms with Crippen LogP contribution in [0.15, 0.2) is 54.7 Å². The van der Waals surface area contributed by atoms with Gasteiger partial charge in [-0.25, -0.2) is 4.98 Å². The Morgan fingerprint density at radius 3 is 2.47 bits per heavy atom. The van der Waals surface area contributed by atoms with Gasteiger partial charge in [0.25, 0.3) is 0 Å². The highest BCUT2D eigenvalue weighted by Crippen LogP contribution is 2.32. The predicted molar refractivity (Wildman–Crippen MR) is 120 cm³/mol. The fraction of sp³-hybridized carbons (Fsp3) is 0.167. The van der Waals surface area contributed by atoms with E-state index in [0.717, 1.165) is 28.1 Å². The second kappa shape index (κ2) is 9.36. The lowest BCUT2D eigenvalue weighted by Gasteiger charge is -2.18. The highest BCUT2D eigenvalue weighted by Gasteiger charge is 2.12. The molecule has 6 nitrogen and oxygen atoms in total. The van der Waals surface area contributed by atoms with Crippen molar-refractivity contribution in [2.45, 2.75) is 26.7 Å². The summed E-state index contributed by atoms with van der Waals surface area (Å²) in [5, 5.41) is 24.3. The molecule has 0 saturated heterocycles. The van der Waals surface area contributed by atoms with E-state index >= 15 is 0 Å². The van der Waals surface area contributed by atoms with Gasteiger partial charge in [0, 0.05) is 23.6 Å². The standard InChI is InChI=1S/C24H22N6/c1-16(2)21-14-19(5-4-11-25)13-17(3)23(21)29-22-10-12-27-24(30-22)28-20-8-6-18(15-26)7-9-20/h4-10,12-14,16H,1-3H3,(H2,27,28,29,30)/b5-4+. The zero-order chi connectivity index (χ0) is 21.5. The summed E-state index contributed by atoms with van der Waals surface area (Å²) < 4.78 is 0. The molecule has 0 saturated carbocycles. The molecular formula is C24H22N6. The van der Waals surface area contributed by atoms with E-state index in [-0.39, 0.29) is 0 Å². The molecule has 2 N–H and O–H groups in total. The summed E-state index contributed by atoms with van der Waals surface area (Å²) >= 11 is 0. The Kier molecular flexibility index (Phi) is 6.42. The smallest absolute Gasteiger partial charge is 0.229 e. The average Bonchev–Trinajstić information content (AvgIpc) is 2.74. The van der Waals surface area contributed by atoms with Gasteiger partial charge in [0.15, 0.2) is 0 Å². The van der Waals surface area contributed by atoms with E-state index < -0.39 is 0 Å². The van der Waals surface area contributed by atoms with Gasteiger partial charge in [0.05, 0.1) is 17.7 Å². The van der Waals surface area contributed by atoms with Crippen LogP contribution in [0.3, 0.4) is 0 Å². The second-order valence-corrected chi connectivity index (χ2v) is 7.12. The van der Waals surface area contributed by atoms with Gasteiger partial charge in [-0.05, 0) is 78.1 Å². The third kappa shape index (κ3) is 5.01. The maximum absolute atomic E-state index is 8.92. The molecule has 6 heteroatoms. The Bertz CT molecular complexity index is 1150. The zero-order valence-corrected chi connectivity index (χ0v) is 17.1. The lowest BCUT2D eigenvalue weighted by molar-refractivity contribution is 0.866. The largest absolute Gasteiger partial charge is 0.340 e. The van der Waals surface area contributed by atoms with Crippen molar-refractivity contribution in [1.82, 2.24) is 9.97 Å². The van der Waals surface area contributed by atoms with Gasteiger partial charge in [0.2, 0.25) is 5.95 Å². The van der Waals surface area contributed by atoms with Crippen LogP contribution in [0, 0.1) is 29.6 Å². The molecule has 0 bridgehead atoms. The SMILES string of the molecule is Cc1cc(/C=C/C#N)cc(C(C)C)c1Nc1ccnc(Nc2ccc(C#N)cc2)n1. The van der Waals surface area contributed by atoms with Crippen LogP contribution in [0.4, 0.5) is 23.1 Å². The van der Waals surface area contributed by atoms with Crippen molar-refractivity contribution in [2.24, 2.45) is 0 Å². The minimum Gasteiger partial charge on any atom is -0.340 e. The number of nitrogens with zero attached hydrogens (tertiary/aromatic N) is 4. The summed E-state index contributed by atoms with van der Waals surface area (Å²) in [6, 6.07) is 17.2. The van der Waals surface area contributed by atoms with Crippen LogP contribution in [0.5, 0.6) is 0 Å². The van der Waals surface area contributed by atoms with E-state index in [1.54, 1.807) is 18.3 Å². The molecule has 0 radical (unpaired) electrons. The van der Waals surface area contributed by atoms with Crippen molar-refractivity contribution in [1.29, 1.82) is 10.5 Å². The number of hydrogen-bond acceptors (Lipinski definition) is 6. The Morgan fingerprint density at radius 2 is 1.80 bits per heavy atom. The van der Waals surface area contributed by atoms with E-state index in [9.17, 15) is 0 Å². The number of rotatable bonds is 6. The third-order valence-electron chi connectivity index (χ3n) is 4.54. The lowest BCUT2D eigenvalue weighted by Crippen LogP contribution is -2.04. The Hall–Kier alpha value is -4.16. The minimum atomic E-state index is 0.291. The summed E-state index contributed by atoms with van der Waals surface area (Å²) in [6.07, 6.45) is 4.99. The van der Waals surface area contributed by atoms with Crippen molar-refractivity contribution in [2.75, 3.05) is 10.6 Å². The number of anilines is 4. The van der Waals surface area contributed by atoms with Crippen LogP contribution < -0.4 is 10.6 Å². The highest BCUT2D eigenvalue weighted by molar-refractivity contribution is 5.70. The maximum atomic E-state index is 8.92. The molecule has 2 aromatic carbocycles.